The van der Waals surface area contributed by atoms with Gasteiger partial charge in [0.05, 0.1) is 5.69 Å². The Hall–Kier alpha value is -1.87. The smallest absolute Gasteiger partial charge is 0.231 e. The summed E-state index contributed by atoms with van der Waals surface area (Å²) in [5.41, 5.74) is 8.68. The molecular weight excluding hydrogens is 158 g/mol. The summed E-state index contributed by atoms with van der Waals surface area (Å²) in [5, 5.41) is 3.45. The topological polar surface area (TPSA) is 67.2 Å². The molecular formula is C7H5N3O2. The molecule has 60 valence electrons. The molecule has 0 saturated heterocycles. The van der Waals surface area contributed by atoms with E-state index in [0.717, 1.165) is 0 Å². The minimum atomic E-state index is 0.188. The van der Waals surface area contributed by atoms with Crippen LogP contribution in [-0.4, -0.2) is 6.79 Å². The molecule has 0 aromatic heterocycles. The van der Waals surface area contributed by atoms with E-state index in [1.54, 1.807) is 18.2 Å². The van der Waals surface area contributed by atoms with E-state index in [4.69, 9.17) is 15.0 Å². The second kappa shape index (κ2) is 2.64. The lowest BCUT2D eigenvalue weighted by Gasteiger charge is -1.96. The first-order chi connectivity index (χ1) is 5.92. The van der Waals surface area contributed by atoms with Crippen molar-refractivity contribution in [3.05, 3.63) is 28.6 Å². The van der Waals surface area contributed by atoms with Crippen molar-refractivity contribution >= 4 is 5.69 Å². The molecule has 0 spiro atoms. The van der Waals surface area contributed by atoms with Crippen molar-refractivity contribution in [2.24, 2.45) is 5.11 Å². The Morgan fingerprint density at radius 2 is 2.33 bits per heavy atom. The minimum Gasteiger partial charge on any atom is -0.454 e. The fraction of sp³-hybridized carbons (Fsp3) is 0.143. The monoisotopic (exact) mass is 163 g/mol. The summed E-state index contributed by atoms with van der Waals surface area (Å²) < 4.78 is 10.2. The standard InChI is InChI=1S/C7H5N3O2/c8-10-9-5-2-1-3-6-7(5)12-4-11-6/h1-3H,4H2. The summed E-state index contributed by atoms with van der Waals surface area (Å²) in [4.78, 5) is 2.67. The van der Waals surface area contributed by atoms with Gasteiger partial charge in [-0.25, -0.2) is 0 Å². The quantitative estimate of drug-likeness (QED) is 0.362. The second-order valence-electron chi connectivity index (χ2n) is 2.20. The third-order valence-corrected chi connectivity index (χ3v) is 1.53. The van der Waals surface area contributed by atoms with Crippen LogP contribution in [0.25, 0.3) is 10.4 Å². The molecule has 0 bridgehead atoms. The molecule has 0 fully saturated rings. The van der Waals surface area contributed by atoms with Gasteiger partial charge in [-0.15, -0.1) is 0 Å². The van der Waals surface area contributed by atoms with Gasteiger partial charge in [0.1, 0.15) is 0 Å². The summed E-state index contributed by atoms with van der Waals surface area (Å²) in [7, 11) is 0. The van der Waals surface area contributed by atoms with Crippen LogP contribution in [0.15, 0.2) is 23.3 Å². The largest absolute Gasteiger partial charge is 0.454 e. The van der Waals surface area contributed by atoms with E-state index in [2.05, 4.69) is 10.0 Å². The van der Waals surface area contributed by atoms with Crippen LogP contribution in [0, 0.1) is 0 Å². The van der Waals surface area contributed by atoms with Gasteiger partial charge in [-0.2, -0.15) is 0 Å². The molecule has 1 aromatic rings. The van der Waals surface area contributed by atoms with Gasteiger partial charge in [-0.1, -0.05) is 11.2 Å². The average molecular weight is 163 g/mol. The van der Waals surface area contributed by atoms with Gasteiger partial charge in [-0.3, -0.25) is 0 Å². The van der Waals surface area contributed by atoms with Crippen LogP contribution in [0.3, 0.4) is 0 Å². The van der Waals surface area contributed by atoms with Gasteiger partial charge in [-0.05, 0) is 17.7 Å². The predicted molar refractivity (Wildman–Crippen MR) is 41.4 cm³/mol. The minimum absolute atomic E-state index is 0.188. The number of hydrogen-bond donors (Lipinski definition) is 0. The van der Waals surface area contributed by atoms with Crippen molar-refractivity contribution in [2.75, 3.05) is 6.79 Å². The molecule has 1 heterocycles. The van der Waals surface area contributed by atoms with E-state index in [9.17, 15) is 0 Å². The SMILES string of the molecule is [N-]=[N+]=Nc1cccc2c1OCO2. The highest BCUT2D eigenvalue weighted by Gasteiger charge is 2.15. The number of nitrogens with zero attached hydrogens (tertiary/aromatic N) is 3. The highest BCUT2D eigenvalue weighted by molar-refractivity contribution is 5.60. The van der Waals surface area contributed by atoms with Crippen LogP contribution in [0.5, 0.6) is 11.5 Å². The lowest BCUT2D eigenvalue weighted by molar-refractivity contribution is 0.174. The number of azide groups is 1. The van der Waals surface area contributed by atoms with Crippen molar-refractivity contribution in [3.63, 3.8) is 0 Å². The Kier molecular flexibility index (Phi) is 1.50. The van der Waals surface area contributed by atoms with Crippen molar-refractivity contribution in [2.45, 2.75) is 0 Å². The molecule has 1 aromatic carbocycles. The lowest BCUT2D eigenvalue weighted by Crippen LogP contribution is -1.93. The number of fused-ring (bicyclic) bond motifs is 1. The number of hydrogen-bond acceptors (Lipinski definition) is 3. The number of ether oxygens (including phenoxy) is 2. The Labute approximate surface area is 68.2 Å². The van der Waals surface area contributed by atoms with Gasteiger partial charge in [0.15, 0.2) is 11.5 Å². The normalized spacial score (nSPS) is 12.3. The molecule has 2 rings (SSSR count). The first kappa shape index (κ1) is 6.82. The van der Waals surface area contributed by atoms with Gasteiger partial charge >= 0.3 is 0 Å². The van der Waals surface area contributed by atoms with E-state index in [1.165, 1.54) is 0 Å². The Balaban J connectivity index is 2.56. The fourth-order valence-electron chi connectivity index (χ4n) is 1.04. The van der Waals surface area contributed by atoms with Crippen molar-refractivity contribution in [3.8, 4) is 11.5 Å². The molecule has 12 heavy (non-hydrogen) atoms. The summed E-state index contributed by atoms with van der Waals surface area (Å²) in [5.74, 6) is 1.15. The van der Waals surface area contributed by atoms with Crippen LogP contribution < -0.4 is 9.47 Å². The summed E-state index contributed by atoms with van der Waals surface area (Å²) in [6.07, 6.45) is 0. The maximum Gasteiger partial charge on any atom is 0.231 e. The van der Waals surface area contributed by atoms with Crippen molar-refractivity contribution in [1.82, 2.24) is 0 Å². The molecule has 0 amide bonds. The zero-order valence-corrected chi connectivity index (χ0v) is 6.10. The fourth-order valence-corrected chi connectivity index (χ4v) is 1.04. The van der Waals surface area contributed by atoms with Crippen LogP contribution >= 0.6 is 0 Å². The van der Waals surface area contributed by atoms with Gasteiger partial charge in [0.25, 0.3) is 0 Å². The molecule has 0 saturated carbocycles. The van der Waals surface area contributed by atoms with Crippen molar-refractivity contribution in [1.29, 1.82) is 0 Å². The summed E-state index contributed by atoms with van der Waals surface area (Å²) in [6.45, 7) is 0.188. The van der Waals surface area contributed by atoms with E-state index in [1.807, 2.05) is 0 Å². The predicted octanol–water partition coefficient (Wildman–Crippen LogP) is 2.36. The zero-order valence-electron chi connectivity index (χ0n) is 6.10. The Morgan fingerprint density at radius 1 is 1.42 bits per heavy atom. The van der Waals surface area contributed by atoms with E-state index in [-0.39, 0.29) is 6.79 Å². The molecule has 0 aliphatic carbocycles. The first-order valence-electron chi connectivity index (χ1n) is 3.35. The summed E-state index contributed by atoms with van der Waals surface area (Å²) >= 11 is 0. The number of para-hydroxylation sites is 1. The molecule has 0 unspecified atom stereocenters. The highest BCUT2D eigenvalue weighted by atomic mass is 16.7. The molecule has 5 heteroatoms. The maximum atomic E-state index is 8.21. The van der Waals surface area contributed by atoms with E-state index >= 15 is 0 Å². The van der Waals surface area contributed by atoms with E-state index < -0.39 is 0 Å². The lowest BCUT2D eigenvalue weighted by atomic mass is 10.3. The Bertz CT molecular complexity index is 358. The third-order valence-electron chi connectivity index (χ3n) is 1.53. The number of rotatable bonds is 1. The molecule has 5 nitrogen and oxygen atoms in total. The zero-order chi connectivity index (χ0) is 8.39. The Morgan fingerprint density at radius 3 is 3.17 bits per heavy atom. The maximum absolute atomic E-state index is 8.21. The van der Waals surface area contributed by atoms with Crippen LogP contribution in [0.4, 0.5) is 5.69 Å². The molecule has 1 aliphatic rings. The van der Waals surface area contributed by atoms with E-state index in [0.29, 0.717) is 17.2 Å². The highest BCUT2D eigenvalue weighted by Crippen LogP contribution is 2.40. The van der Waals surface area contributed by atoms with Gasteiger partial charge in [0, 0.05) is 4.91 Å². The summed E-state index contributed by atoms with van der Waals surface area (Å²) in [6, 6.07) is 5.18. The van der Waals surface area contributed by atoms with Gasteiger partial charge < -0.3 is 9.47 Å². The average Bonchev–Trinajstić information content (AvgIpc) is 2.53. The molecule has 1 aliphatic heterocycles. The van der Waals surface area contributed by atoms with Crippen LogP contribution in [-0.2, 0) is 0 Å². The molecule has 0 atom stereocenters. The van der Waals surface area contributed by atoms with Crippen LogP contribution in [0.2, 0.25) is 0 Å². The van der Waals surface area contributed by atoms with Crippen LogP contribution in [0.1, 0.15) is 0 Å². The second-order valence-corrected chi connectivity index (χ2v) is 2.20. The first-order valence-corrected chi connectivity index (χ1v) is 3.35. The van der Waals surface area contributed by atoms with Gasteiger partial charge in [0.2, 0.25) is 6.79 Å². The third kappa shape index (κ3) is 0.926. The van der Waals surface area contributed by atoms with Crippen molar-refractivity contribution < 1.29 is 9.47 Å². The molecule has 0 N–H and O–H groups in total. The number of benzene rings is 1. The molecule has 0 radical (unpaired) electrons.